The monoisotopic (exact) mass is 250 g/mol. The van der Waals surface area contributed by atoms with Crippen molar-refractivity contribution < 1.29 is 0 Å². The molecule has 0 spiro atoms. The predicted molar refractivity (Wildman–Crippen MR) is 73.5 cm³/mol. The average molecular weight is 250 g/mol. The predicted octanol–water partition coefficient (Wildman–Crippen LogP) is 2.77. The summed E-state index contributed by atoms with van der Waals surface area (Å²) in [6.45, 7) is 3.43. The number of hydrogen-bond donors (Lipinski definition) is 1. The molecule has 17 heavy (non-hydrogen) atoms. The number of hydrogen-bond acceptors (Lipinski definition) is 3. The highest BCUT2D eigenvalue weighted by molar-refractivity contribution is 7.08. The van der Waals surface area contributed by atoms with Gasteiger partial charge in [0, 0.05) is 24.7 Å². The van der Waals surface area contributed by atoms with E-state index in [0.717, 1.165) is 18.1 Å². The van der Waals surface area contributed by atoms with Gasteiger partial charge in [-0.3, -0.25) is 4.90 Å². The lowest BCUT2D eigenvalue weighted by molar-refractivity contribution is 0.111. The molecule has 2 unspecified atom stereocenters. The summed E-state index contributed by atoms with van der Waals surface area (Å²) < 4.78 is 0. The van der Waals surface area contributed by atoms with Crippen LogP contribution in [0.3, 0.4) is 0 Å². The third-order valence-electron chi connectivity index (χ3n) is 4.61. The highest BCUT2D eigenvalue weighted by Crippen LogP contribution is 2.37. The molecular weight excluding hydrogens is 228 g/mol. The van der Waals surface area contributed by atoms with Gasteiger partial charge in [0.1, 0.15) is 0 Å². The van der Waals surface area contributed by atoms with Crippen LogP contribution in [0.2, 0.25) is 0 Å². The van der Waals surface area contributed by atoms with E-state index in [2.05, 4.69) is 34.9 Å². The maximum atomic E-state index is 3.47. The average Bonchev–Trinajstić information content (AvgIpc) is 2.82. The first-order valence-corrected chi connectivity index (χ1v) is 7.67. The molecule has 3 rings (SSSR count). The molecule has 3 heterocycles. The summed E-state index contributed by atoms with van der Waals surface area (Å²) in [7, 11) is 2.11. The van der Waals surface area contributed by atoms with Gasteiger partial charge in [-0.2, -0.15) is 11.3 Å². The van der Waals surface area contributed by atoms with Gasteiger partial charge in [-0.05, 0) is 61.5 Å². The zero-order valence-electron chi connectivity index (χ0n) is 10.8. The second-order valence-corrected chi connectivity index (χ2v) is 6.34. The van der Waals surface area contributed by atoms with Crippen LogP contribution < -0.4 is 5.32 Å². The molecule has 3 heteroatoms. The molecule has 1 aromatic rings. The zero-order chi connectivity index (χ0) is 11.8. The lowest BCUT2D eigenvalue weighted by Crippen LogP contribution is -2.47. The molecule has 1 aromatic heterocycles. The minimum Gasteiger partial charge on any atom is -0.317 e. The Balaban J connectivity index is 1.71. The maximum Gasteiger partial charge on any atom is 0.0250 e. The minimum absolute atomic E-state index is 0.757. The fourth-order valence-electron chi connectivity index (χ4n) is 3.51. The minimum atomic E-state index is 0.757. The van der Waals surface area contributed by atoms with Gasteiger partial charge in [-0.1, -0.05) is 0 Å². The number of piperidine rings is 1. The van der Waals surface area contributed by atoms with Crippen molar-refractivity contribution in [3.8, 4) is 0 Å². The van der Waals surface area contributed by atoms with Crippen LogP contribution in [0.15, 0.2) is 10.8 Å². The molecule has 2 aliphatic heterocycles. The second-order valence-electron chi connectivity index (χ2n) is 5.59. The Labute approximate surface area is 108 Å². The quantitative estimate of drug-likeness (QED) is 0.887. The molecule has 0 aromatic carbocycles. The van der Waals surface area contributed by atoms with Crippen LogP contribution in [0.25, 0.3) is 0 Å². The molecule has 2 fully saturated rings. The number of nitrogens with zero attached hydrogens (tertiary/aromatic N) is 1. The molecule has 0 aliphatic carbocycles. The standard InChI is InChI=1S/C14H22N2S/c1-10-8-17-9-11(10)7-16-13-3-4-14(16)6-12(5-13)15-2/h8-9,12-15H,3-7H2,1-2H3. The first-order chi connectivity index (χ1) is 8.28. The highest BCUT2D eigenvalue weighted by atomic mass is 32.1. The Kier molecular flexibility index (Phi) is 3.24. The first kappa shape index (κ1) is 11.7. The van der Waals surface area contributed by atoms with E-state index >= 15 is 0 Å². The number of thiophene rings is 1. The van der Waals surface area contributed by atoms with Crippen LogP contribution in [0.4, 0.5) is 0 Å². The fourth-order valence-corrected chi connectivity index (χ4v) is 4.36. The Bertz CT molecular complexity index is 373. The smallest absolute Gasteiger partial charge is 0.0250 e. The van der Waals surface area contributed by atoms with E-state index < -0.39 is 0 Å². The molecule has 2 bridgehead atoms. The van der Waals surface area contributed by atoms with Crippen molar-refractivity contribution in [2.24, 2.45) is 0 Å². The van der Waals surface area contributed by atoms with Crippen molar-refractivity contribution >= 4 is 11.3 Å². The summed E-state index contributed by atoms with van der Waals surface area (Å²) >= 11 is 1.84. The molecular formula is C14H22N2S. The molecule has 2 atom stereocenters. The second kappa shape index (κ2) is 4.71. The molecule has 2 nitrogen and oxygen atoms in total. The first-order valence-electron chi connectivity index (χ1n) is 6.72. The van der Waals surface area contributed by atoms with Gasteiger partial charge in [0.2, 0.25) is 0 Å². The largest absolute Gasteiger partial charge is 0.317 e. The molecule has 1 N–H and O–H groups in total. The van der Waals surface area contributed by atoms with E-state index in [4.69, 9.17) is 0 Å². The Morgan fingerprint density at radius 3 is 2.53 bits per heavy atom. The molecule has 94 valence electrons. The summed E-state index contributed by atoms with van der Waals surface area (Å²) in [6.07, 6.45) is 5.50. The zero-order valence-corrected chi connectivity index (χ0v) is 11.6. The van der Waals surface area contributed by atoms with Gasteiger partial charge in [-0.15, -0.1) is 0 Å². The van der Waals surface area contributed by atoms with Crippen LogP contribution >= 0.6 is 11.3 Å². The number of nitrogens with one attached hydrogen (secondary N) is 1. The van der Waals surface area contributed by atoms with Crippen molar-refractivity contribution in [1.29, 1.82) is 0 Å². The van der Waals surface area contributed by atoms with Crippen LogP contribution in [0.5, 0.6) is 0 Å². The number of rotatable bonds is 3. The summed E-state index contributed by atoms with van der Waals surface area (Å²) in [4.78, 5) is 2.77. The molecule has 2 saturated heterocycles. The number of fused-ring (bicyclic) bond motifs is 2. The van der Waals surface area contributed by atoms with E-state index in [1.54, 1.807) is 5.56 Å². The summed E-state index contributed by atoms with van der Waals surface area (Å²) in [6, 6.07) is 2.41. The van der Waals surface area contributed by atoms with Gasteiger partial charge in [-0.25, -0.2) is 0 Å². The van der Waals surface area contributed by atoms with Crippen LogP contribution in [0, 0.1) is 6.92 Å². The number of aryl methyl sites for hydroxylation is 1. The van der Waals surface area contributed by atoms with Crippen molar-refractivity contribution in [3.63, 3.8) is 0 Å². The summed E-state index contributed by atoms with van der Waals surface area (Å²) in [5.74, 6) is 0. The Hall–Kier alpha value is -0.380. The van der Waals surface area contributed by atoms with E-state index in [1.165, 1.54) is 37.8 Å². The third-order valence-corrected chi connectivity index (χ3v) is 5.52. The summed E-state index contributed by atoms with van der Waals surface area (Å²) in [5, 5.41) is 8.08. The third kappa shape index (κ3) is 2.16. The van der Waals surface area contributed by atoms with Gasteiger partial charge in [0.05, 0.1) is 0 Å². The fraction of sp³-hybridized carbons (Fsp3) is 0.714. The van der Waals surface area contributed by atoms with Gasteiger partial charge in [0.15, 0.2) is 0 Å². The molecule has 2 aliphatic rings. The SMILES string of the molecule is CNC1CC2CCC(C1)N2Cc1cscc1C. The topological polar surface area (TPSA) is 15.3 Å². The summed E-state index contributed by atoms with van der Waals surface area (Å²) in [5.41, 5.74) is 3.03. The van der Waals surface area contributed by atoms with Crippen molar-refractivity contribution in [1.82, 2.24) is 10.2 Å². The molecule has 0 radical (unpaired) electrons. The van der Waals surface area contributed by atoms with Gasteiger partial charge >= 0.3 is 0 Å². The van der Waals surface area contributed by atoms with Gasteiger partial charge < -0.3 is 5.32 Å². The highest BCUT2D eigenvalue weighted by Gasteiger charge is 2.40. The Morgan fingerprint density at radius 2 is 2.00 bits per heavy atom. The van der Waals surface area contributed by atoms with Crippen molar-refractivity contribution in [3.05, 3.63) is 21.9 Å². The van der Waals surface area contributed by atoms with Crippen LogP contribution in [-0.4, -0.2) is 30.1 Å². The van der Waals surface area contributed by atoms with Crippen molar-refractivity contribution in [2.45, 2.75) is 57.3 Å². The van der Waals surface area contributed by atoms with E-state index in [0.29, 0.717) is 0 Å². The van der Waals surface area contributed by atoms with Crippen LogP contribution in [-0.2, 0) is 6.54 Å². The van der Waals surface area contributed by atoms with E-state index in [-0.39, 0.29) is 0 Å². The Morgan fingerprint density at radius 1 is 1.29 bits per heavy atom. The molecule has 0 saturated carbocycles. The normalized spacial score (nSPS) is 33.2. The van der Waals surface area contributed by atoms with Gasteiger partial charge in [0.25, 0.3) is 0 Å². The maximum absolute atomic E-state index is 3.47. The van der Waals surface area contributed by atoms with Crippen LogP contribution in [0.1, 0.15) is 36.8 Å². The molecule has 0 amide bonds. The van der Waals surface area contributed by atoms with E-state index in [1.807, 2.05) is 11.3 Å². The van der Waals surface area contributed by atoms with Crippen molar-refractivity contribution in [2.75, 3.05) is 7.05 Å². The lowest BCUT2D eigenvalue weighted by atomic mass is 9.97. The van der Waals surface area contributed by atoms with E-state index in [9.17, 15) is 0 Å². The lowest BCUT2D eigenvalue weighted by Gasteiger charge is -2.39.